The second-order valence-corrected chi connectivity index (χ2v) is 6.15. The van der Waals surface area contributed by atoms with Crippen LogP contribution in [0.2, 0.25) is 0 Å². The van der Waals surface area contributed by atoms with E-state index >= 15 is 0 Å². The van der Waals surface area contributed by atoms with Crippen molar-refractivity contribution in [3.05, 3.63) is 52.9 Å². The number of ether oxygens (including phenoxy) is 2. The second kappa shape index (κ2) is 7.31. The molecule has 2 aromatic rings. The minimum absolute atomic E-state index is 0.122. The standard InChI is InChI=1S/C18H16N2O4S/c1-23-14-7-6-11(8-15(14)24-2)9-16-17(22)20-18(25-16)19-12-4-3-5-13(21)10-12/h3-10,21H,1-2H3,(H,19,20,22). The van der Waals surface area contributed by atoms with E-state index < -0.39 is 0 Å². The normalized spacial score (nSPS) is 17.0. The smallest absolute Gasteiger partial charge is 0.264 e. The topological polar surface area (TPSA) is 80.2 Å². The molecule has 0 radical (unpaired) electrons. The Morgan fingerprint density at radius 2 is 1.92 bits per heavy atom. The van der Waals surface area contributed by atoms with Crippen LogP contribution in [0, 0.1) is 0 Å². The van der Waals surface area contributed by atoms with Crippen molar-refractivity contribution in [2.75, 3.05) is 14.2 Å². The highest BCUT2D eigenvalue weighted by Gasteiger charge is 2.24. The molecule has 6 nitrogen and oxygen atoms in total. The van der Waals surface area contributed by atoms with Crippen LogP contribution in [0.1, 0.15) is 5.56 Å². The van der Waals surface area contributed by atoms with Crippen LogP contribution in [0.25, 0.3) is 6.08 Å². The number of phenols is 1. The van der Waals surface area contributed by atoms with Gasteiger partial charge >= 0.3 is 0 Å². The monoisotopic (exact) mass is 356 g/mol. The van der Waals surface area contributed by atoms with Crippen LogP contribution in [0.5, 0.6) is 17.2 Å². The Kier molecular flexibility index (Phi) is 4.95. The van der Waals surface area contributed by atoms with Gasteiger partial charge in [-0.1, -0.05) is 12.1 Å². The zero-order valence-corrected chi connectivity index (χ0v) is 14.5. The van der Waals surface area contributed by atoms with E-state index in [9.17, 15) is 9.90 Å². The fraction of sp³-hybridized carbons (Fsp3) is 0.111. The Hall–Kier alpha value is -2.93. The lowest BCUT2D eigenvalue weighted by Gasteiger charge is -2.07. The quantitative estimate of drug-likeness (QED) is 0.822. The van der Waals surface area contributed by atoms with Crippen molar-refractivity contribution in [2.24, 2.45) is 4.99 Å². The molecule has 2 aromatic carbocycles. The van der Waals surface area contributed by atoms with Crippen LogP contribution < -0.4 is 14.8 Å². The summed E-state index contributed by atoms with van der Waals surface area (Å²) in [5.41, 5.74) is 1.38. The van der Waals surface area contributed by atoms with Gasteiger partial charge in [0.15, 0.2) is 16.7 Å². The van der Waals surface area contributed by atoms with Crippen LogP contribution in [0.4, 0.5) is 5.69 Å². The second-order valence-electron chi connectivity index (χ2n) is 5.12. The number of thioether (sulfide) groups is 1. The summed E-state index contributed by atoms with van der Waals surface area (Å²) in [5.74, 6) is 1.11. The van der Waals surface area contributed by atoms with Gasteiger partial charge in [0, 0.05) is 6.07 Å². The summed E-state index contributed by atoms with van der Waals surface area (Å²) in [4.78, 5) is 17.0. The lowest BCUT2D eigenvalue weighted by atomic mass is 10.2. The zero-order valence-electron chi connectivity index (χ0n) is 13.6. The first-order chi connectivity index (χ1) is 12.1. The lowest BCUT2D eigenvalue weighted by Crippen LogP contribution is -2.19. The van der Waals surface area contributed by atoms with Crippen LogP contribution >= 0.6 is 11.8 Å². The number of phenolic OH excluding ortho intramolecular Hbond substituents is 1. The Morgan fingerprint density at radius 3 is 2.64 bits per heavy atom. The van der Waals surface area contributed by atoms with Crippen molar-refractivity contribution in [3.63, 3.8) is 0 Å². The summed E-state index contributed by atoms with van der Waals surface area (Å²) < 4.78 is 10.5. The van der Waals surface area contributed by atoms with Gasteiger partial charge in [-0.2, -0.15) is 0 Å². The van der Waals surface area contributed by atoms with E-state index in [2.05, 4.69) is 10.3 Å². The van der Waals surface area contributed by atoms with E-state index in [0.29, 0.717) is 27.3 Å². The largest absolute Gasteiger partial charge is 0.508 e. The molecule has 25 heavy (non-hydrogen) atoms. The van der Waals surface area contributed by atoms with Crippen molar-refractivity contribution in [1.82, 2.24) is 5.32 Å². The van der Waals surface area contributed by atoms with E-state index in [-0.39, 0.29) is 11.7 Å². The molecule has 1 fully saturated rings. The highest BCUT2D eigenvalue weighted by atomic mass is 32.2. The molecule has 1 amide bonds. The maximum Gasteiger partial charge on any atom is 0.264 e. The number of hydrogen-bond acceptors (Lipinski definition) is 6. The molecule has 0 unspecified atom stereocenters. The van der Waals surface area contributed by atoms with Crippen molar-refractivity contribution < 1.29 is 19.4 Å². The number of hydrogen-bond donors (Lipinski definition) is 2. The molecule has 1 aliphatic heterocycles. The average Bonchev–Trinajstić information content (AvgIpc) is 2.93. The summed E-state index contributed by atoms with van der Waals surface area (Å²) in [6.07, 6.45) is 1.76. The minimum Gasteiger partial charge on any atom is -0.508 e. The fourth-order valence-electron chi connectivity index (χ4n) is 2.25. The van der Waals surface area contributed by atoms with Crippen LogP contribution in [-0.4, -0.2) is 30.4 Å². The van der Waals surface area contributed by atoms with Crippen LogP contribution in [-0.2, 0) is 4.79 Å². The Labute approximate surface area is 149 Å². The third kappa shape index (κ3) is 3.95. The Morgan fingerprint density at radius 1 is 1.12 bits per heavy atom. The lowest BCUT2D eigenvalue weighted by molar-refractivity contribution is -0.115. The van der Waals surface area contributed by atoms with Gasteiger partial charge in [-0.15, -0.1) is 0 Å². The van der Waals surface area contributed by atoms with E-state index in [1.807, 2.05) is 6.07 Å². The van der Waals surface area contributed by atoms with Crippen LogP contribution in [0.15, 0.2) is 52.4 Å². The minimum atomic E-state index is -0.223. The highest BCUT2D eigenvalue weighted by Crippen LogP contribution is 2.32. The average molecular weight is 356 g/mol. The van der Waals surface area contributed by atoms with Gasteiger partial charge in [0.05, 0.1) is 24.8 Å². The number of methoxy groups -OCH3 is 2. The van der Waals surface area contributed by atoms with Crippen molar-refractivity contribution in [1.29, 1.82) is 0 Å². The first kappa shape index (κ1) is 16.9. The van der Waals surface area contributed by atoms with Gasteiger partial charge in [0.2, 0.25) is 0 Å². The first-order valence-corrected chi connectivity index (χ1v) is 8.21. The van der Waals surface area contributed by atoms with Crippen LogP contribution in [0.3, 0.4) is 0 Å². The van der Waals surface area contributed by atoms with E-state index in [4.69, 9.17) is 9.47 Å². The molecule has 0 aromatic heterocycles. The summed E-state index contributed by atoms with van der Waals surface area (Å²) in [5, 5.41) is 12.7. The van der Waals surface area contributed by atoms with Gasteiger partial charge < -0.3 is 19.9 Å². The van der Waals surface area contributed by atoms with Gasteiger partial charge in [-0.3, -0.25) is 4.79 Å². The molecule has 128 valence electrons. The number of nitrogens with zero attached hydrogens (tertiary/aromatic N) is 1. The molecule has 0 saturated carbocycles. The zero-order chi connectivity index (χ0) is 17.8. The Bertz CT molecular complexity index is 877. The number of nitrogens with one attached hydrogen (secondary N) is 1. The molecule has 1 aliphatic rings. The number of carbonyl (C=O) groups excluding carboxylic acids is 1. The molecule has 7 heteroatoms. The predicted octanol–water partition coefficient (Wildman–Crippen LogP) is 3.30. The molecule has 1 saturated heterocycles. The summed E-state index contributed by atoms with van der Waals surface area (Å²) in [6.45, 7) is 0. The molecule has 1 heterocycles. The molecular weight excluding hydrogens is 340 g/mol. The summed E-state index contributed by atoms with van der Waals surface area (Å²) >= 11 is 1.23. The maximum atomic E-state index is 12.1. The third-order valence-corrected chi connectivity index (χ3v) is 4.33. The maximum absolute atomic E-state index is 12.1. The molecule has 0 spiro atoms. The van der Waals surface area contributed by atoms with Gasteiger partial charge in [0.1, 0.15) is 5.75 Å². The number of rotatable bonds is 4. The molecule has 0 aliphatic carbocycles. The molecule has 0 bridgehead atoms. The van der Waals surface area contributed by atoms with Gasteiger partial charge in [-0.05, 0) is 47.7 Å². The molecule has 2 N–H and O–H groups in total. The van der Waals surface area contributed by atoms with E-state index in [0.717, 1.165) is 5.56 Å². The number of aliphatic imine (C=N–C) groups is 1. The summed E-state index contributed by atoms with van der Waals surface area (Å²) in [6, 6.07) is 11.9. The fourth-order valence-corrected chi connectivity index (χ4v) is 3.10. The Balaban J connectivity index is 1.84. The highest BCUT2D eigenvalue weighted by molar-refractivity contribution is 8.18. The molecular formula is C18H16N2O4S. The molecule has 3 rings (SSSR count). The first-order valence-electron chi connectivity index (χ1n) is 7.39. The number of amidine groups is 1. The van der Waals surface area contributed by atoms with Crippen molar-refractivity contribution in [3.8, 4) is 17.2 Å². The number of carbonyl (C=O) groups is 1. The SMILES string of the molecule is COc1ccc(C=C2SC(=Nc3cccc(O)c3)NC2=O)cc1OC. The van der Waals surface area contributed by atoms with Gasteiger partial charge in [-0.25, -0.2) is 4.99 Å². The number of amides is 1. The third-order valence-electron chi connectivity index (χ3n) is 3.42. The van der Waals surface area contributed by atoms with E-state index in [1.54, 1.807) is 50.6 Å². The predicted molar refractivity (Wildman–Crippen MR) is 98.5 cm³/mol. The number of benzene rings is 2. The molecule has 0 atom stereocenters. The number of aromatic hydroxyl groups is 1. The van der Waals surface area contributed by atoms with Crippen molar-refractivity contribution >= 4 is 34.6 Å². The van der Waals surface area contributed by atoms with Gasteiger partial charge in [0.25, 0.3) is 5.91 Å². The van der Waals surface area contributed by atoms with Crippen molar-refractivity contribution in [2.45, 2.75) is 0 Å². The van der Waals surface area contributed by atoms with E-state index in [1.165, 1.54) is 17.8 Å². The summed E-state index contributed by atoms with van der Waals surface area (Å²) in [7, 11) is 3.13.